The molecule has 0 saturated carbocycles. The van der Waals surface area contributed by atoms with E-state index in [1.807, 2.05) is 53.7 Å². The molecule has 306 valence electrons. The van der Waals surface area contributed by atoms with Crippen molar-refractivity contribution in [1.82, 2.24) is 40.3 Å². The van der Waals surface area contributed by atoms with E-state index in [2.05, 4.69) is 128 Å². The molecule has 0 aliphatic rings. The molecule has 2 aromatic carbocycles. The largest absolute Gasteiger partial charge is 2.00 e. The van der Waals surface area contributed by atoms with E-state index in [0.29, 0.717) is 0 Å². The Morgan fingerprint density at radius 2 is 0.807 bits per heavy atom. The number of hydrogen-bond acceptors (Lipinski definition) is 6. The number of nitrogens with zero attached hydrogens (tertiary/aromatic N) is 8. The van der Waals surface area contributed by atoms with Crippen molar-refractivity contribution in [2.75, 3.05) is 26.7 Å². The van der Waals surface area contributed by atoms with Gasteiger partial charge in [-0.1, -0.05) is 77.9 Å². The van der Waals surface area contributed by atoms with E-state index in [4.69, 9.17) is 0 Å². The number of benzene rings is 2. The van der Waals surface area contributed by atoms with Crippen molar-refractivity contribution in [1.29, 1.82) is 0 Å². The van der Waals surface area contributed by atoms with Gasteiger partial charge in [-0.2, -0.15) is 26.3 Å². The van der Waals surface area contributed by atoms with Crippen LogP contribution < -0.4 is 20.8 Å². The molecule has 0 spiro atoms. The molecule has 0 aliphatic heterocycles. The zero-order valence-electron chi connectivity index (χ0n) is 33.4. The third kappa shape index (κ3) is 16.1. The Morgan fingerprint density at radius 3 is 1.04 bits per heavy atom. The molecule has 0 aliphatic carbocycles. The molecule has 4 heterocycles. The average Bonchev–Trinajstić information content (AvgIpc) is 3.85. The van der Waals surface area contributed by atoms with Crippen molar-refractivity contribution >= 4 is 26.5 Å². The molecule has 6 rings (SSSR count). The standard InChI is InChI=1S/2C12H12F3N4.2C8H11P.Os/c2*1-11(2,3)7-4-5-16-8(6-7)9-17-10(19-18-9)12(13,14)15;2*1-9(2)8-6-4-3-5-7-8;/h2*4-6H,1-3H3;2*3-7H,1-2H3;/q2*-1;;;+2/p+2. The fraction of sp³-hybridized carbons (Fsp3) is 0.350. The fourth-order valence-electron chi connectivity index (χ4n) is 4.52. The smallest absolute Gasteiger partial charge is 0.413 e. The van der Waals surface area contributed by atoms with Crippen LogP contribution in [0.15, 0.2) is 97.3 Å². The first-order chi connectivity index (χ1) is 26.0. The van der Waals surface area contributed by atoms with Gasteiger partial charge in [-0.3, -0.25) is 20.2 Å². The van der Waals surface area contributed by atoms with Crippen molar-refractivity contribution in [3.8, 4) is 23.0 Å². The second kappa shape index (κ2) is 21.2. The summed E-state index contributed by atoms with van der Waals surface area (Å²) in [5, 5.41) is 16.0. The Morgan fingerprint density at radius 1 is 0.491 bits per heavy atom. The molecule has 0 amide bonds. The zero-order valence-corrected chi connectivity index (χ0v) is 38.0. The Kier molecular flexibility index (Phi) is 18.3. The van der Waals surface area contributed by atoms with Gasteiger partial charge in [-0.15, -0.1) is 0 Å². The molecular weight excluding hydrogens is 959 g/mol. The monoisotopic (exact) mass is 1010 g/mol. The van der Waals surface area contributed by atoms with Crippen molar-refractivity contribution in [2.24, 2.45) is 0 Å². The van der Waals surface area contributed by atoms with E-state index in [1.165, 1.54) is 23.0 Å². The second-order valence-electron chi connectivity index (χ2n) is 15.0. The number of alkyl halides is 6. The summed E-state index contributed by atoms with van der Waals surface area (Å²) >= 11 is 0. The van der Waals surface area contributed by atoms with Gasteiger partial charge in [0, 0.05) is 39.9 Å². The maximum absolute atomic E-state index is 12.4. The number of hydrogen-bond donors (Lipinski definition) is 0. The fourth-order valence-corrected chi connectivity index (χ4v) is 6.24. The van der Waals surface area contributed by atoms with Crippen molar-refractivity contribution in [3.05, 3.63) is 120 Å². The van der Waals surface area contributed by atoms with E-state index in [1.54, 1.807) is 12.1 Å². The van der Waals surface area contributed by atoms with E-state index in [-0.39, 0.29) is 69.5 Å². The molecule has 0 atom stereocenters. The maximum atomic E-state index is 12.4. The molecular formula is C40H48F6N8OsP2+2. The van der Waals surface area contributed by atoms with Crippen LogP contribution in [0.4, 0.5) is 26.3 Å². The van der Waals surface area contributed by atoms with Crippen LogP contribution >= 0.6 is 15.8 Å². The first-order valence-corrected chi connectivity index (χ1v) is 22.5. The molecule has 0 N–H and O–H groups in total. The summed E-state index contributed by atoms with van der Waals surface area (Å²) in [6.07, 6.45) is -6.13. The zero-order chi connectivity index (χ0) is 41.9. The average molecular weight is 1010 g/mol. The van der Waals surface area contributed by atoms with Crippen molar-refractivity contribution < 1.29 is 46.1 Å². The first-order valence-electron chi connectivity index (χ1n) is 17.5. The number of halogens is 6. The van der Waals surface area contributed by atoms with Gasteiger partial charge in [0.1, 0.15) is 0 Å². The molecule has 4 aromatic heterocycles. The Bertz CT molecular complexity index is 1920. The molecule has 57 heavy (non-hydrogen) atoms. The minimum absolute atomic E-state index is 0. The van der Waals surface area contributed by atoms with Gasteiger partial charge >= 0.3 is 32.1 Å². The Labute approximate surface area is 346 Å². The second-order valence-corrected chi connectivity index (χ2v) is 20.2. The van der Waals surface area contributed by atoms with Crippen LogP contribution in [-0.4, -0.2) is 56.8 Å². The van der Waals surface area contributed by atoms with Crippen LogP contribution in [0.25, 0.3) is 23.0 Å². The normalized spacial score (nSPS) is 11.7. The molecule has 17 heteroatoms. The van der Waals surface area contributed by atoms with Crippen LogP contribution in [0.3, 0.4) is 0 Å². The van der Waals surface area contributed by atoms with Gasteiger partial charge in [0.05, 0.1) is 60.3 Å². The summed E-state index contributed by atoms with van der Waals surface area (Å²) in [5.74, 6) is -2.72. The number of aromatic nitrogens is 8. The molecule has 6 aromatic rings. The molecule has 0 fully saturated rings. The molecule has 0 unspecified atom stereocenters. The van der Waals surface area contributed by atoms with E-state index >= 15 is 0 Å². The van der Waals surface area contributed by atoms with Crippen LogP contribution in [0.5, 0.6) is 0 Å². The van der Waals surface area contributed by atoms with Crippen LogP contribution in [0, 0.1) is 0 Å². The summed E-state index contributed by atoms with van der Waals surface area (Å²) in [7, 11) is -0.424. The van der Waals surface area contributed by atoms with Crippen LogP contribution in [-0.2, 0) is 43.0 Å². The summed E-state index contributed by atoms with van der Waals surface area (Å²) in [5.41, 5.74) is 2.19. The predicted molar refractivity (Wildman–Crippen MR) is 217 cm³/mol. The summed E-state index contributed by atoms with van der Waals surface area (Å²) in [6.45, 7) is 21.2. The third-order valence-corrected chi connectivity index (χ3v) is 10.8. The predicted octanol–water partition coefficient (Wildman–Crippen LogP) is 9.19. The first kappa shape index (κ1) is 49.2. The van der Waals surface area contributed by atoms with Gasteiger partial charge in [0.25, 0.3) is 0 Å². The van der Waals surface area contributed by atoms with Crippen molar-refractivity contribution in [3.63, 3.8) is 0 Å². The quantitative estimate of drug-likeness (QED) is 0.127. The van der Waals surface area contributed by atoms with Crippen LogP contribution in [0.1, 0.15) is 64.3 Å². The summed E-state index contributed by atoms with van der Waals surface area (Å²) in [4.78, 5) is 14.7. The van der Waals surface area contributed by atoms with Gasteiger partial charge < -0.3 is 20.2 Å². The molecule has 0 bridgehead atoms. The molecule has 8 nitrogen and oxygen atoms in total. The Hall–Kier alpha value is -3.90. The van der Waals surface area contributed by atoms with Gasteiger partial charge in [0.2, 0.25) is 0 Å². The summed E-state index contributed by atoms with van der Waals surface area (Å²) in [6, 6.07) is 28.3. The SMILES string of the molecule is CC(C)(C)c1ccnc(-c2n[n-]c(C(F)(F)F)n2)c1.CC(C)(C)c1ccnc(-c2n[n-]c(C(F)(F)F)n2)c1.C[PH+](C)c1ccccc1.C[PH+](C)c1ccccc1.[Os+2]. The van der Waals surface area contributed by atoms with E-state index in [0.717, 1.165) is 11.1 Å². The molecule has 0 saturated heterocycles. The van der Waals surface area contributed by atoms with E-state index in [9.17, 15) is 26.3 Å². The minimum atomic E-state index is -4.59. The summed E-state index contributed by atoms with van der Waals surface area (Å²) < 4.78 is 74.4. The number of rotatable bonds is 4. The van der Waals surface area contributed by atoms with Crippen LogP contribution in [0.2, 0.25) is 0 Å². The maximum Gasteiger partial charge on any atom is 2.00 e. The topological polar surface area (TPSA) is 106 Å². The van der Waals surface area contributed by atoms with Gasteiger partial charge in [-0.25, -0.2) is 0 Å². The van der Waals surface area contributed by atoms with Crippen molar-refractivity contribution in [2.45, 2.75) is 64.7 Å². The molecule has 0 radical (unpaired) electrons. The van der Waals surface area contributed by atoms with E-state index < -0.39 is 24.0 Å². The Balaban J connectivity index is 0.000000276. The van der Waals surface area contributed by atoms with Gasteiger partial charge in [-0.05, 0) is 70.5 Å². The minimum Gasteiger partial charge on any atom is -0.413 e. The third-order valence-electron chi connectivity index (χ3n) is 7.82. The van der Waals surface area contributed by atoms with Gasteiger partial charge in [0.15, 0.2) is 0 Å². The number of pyridine rings is 2.